The van der Waals surface area contributed by atoms with Crippen LogP contribution in [0, 0.1) is 0 Å². The molecular formula is C18H22N2O3S. The van der Waals surface area contributed by atoms with E-state index in [-0.39, 0.29) is 18.7 Å². The number of carbonyl (C=O) groups excluding carboxylic acids is 1. The standard InChI is InChI=1S/C18H22N2O3S/c1-20(2)15(14-7-8-24-11-14)10-19-18(21)6-4-13-3-5-16-17(9-13)23-12-22-16/h3,5,7-9,11,15H,4,6,10,12H2,1-2H3,(H,19,21). The van der Waals surface area contributed by atoms with E-state index in [1.165, 1.54) is 5.56 Å². The van der Waals surface area contributed by atoms with Crippen LogP contribution in [-0.4, -0.2) is 38.2 Å². The first kappa shape index (κ1) is 16.8. The minimum atomic E-state index is 0.0646. The Labute approximate surface area is 146 Å². The molecule has 1 aromatic carbocycles. The summed E-state index contributed by atoms with van der Waals surface area (Å²) in [7, 11) is 4.06. The average molecular weight is 346 g/mol. The van der Waals surface area contributed by atoms with Gasteiger partial charge in [0.2, 0.25) is 12.7 Å². The summed E-state index contributed by atoms with van der Waals surface area (Å²) in [5.41, 5.74) is 2.32. The lowest BCUT2D eigenvalue weighted by atomic mass is 10.1. The molecule has 0 saturated heterocycles. The zero-order valence-electron chi connectivity index (χ0n) is 14.0. The van der Waals surface area contributed by atoms with Gasteiger partial charge >= 0.3 is 0 Å². The fourth-order valence-electron chi connectivity index (χ4n) is 2.72. The summed E-state index contributed by atoms with van der Waals surface area (Å²) in [6, 6.07) is 8.13. The first-order chi connectivity index (χ1) is 11.6. The van der Waals surface area contributed by atoms with Crippen LogP contribution in [0.3, 0.4) is 0 Å². The maximum Gasteiger partial charge on any atom is 0.231 e. The molecule has 0 bridgehead atoms. The van der Waals surface area contributed by atoms with E-state index in [1.54, 1.807) is 11.3 Å². The minimum Gasteiger partial charge on any atom is -0.454 e. The molecule has 1 aliphatic rings. The lowest BCUT2D eigenvalue weighted by Gasteiger charge is -2.24. The van der Waals surface area contributed by atoms with E-state index >= 15 is 0 Å². The molecule has 1 N–H and O–H groups in total. The van der Waals surface area contributed by atoms with Crippen molar-refractivity contribution >= 4 is 17.2 Å². The van der Waals surface area contributed by atoms with Gasteiger partial charge in [0, 0.05) is 13.0 Å². The molecule has 128 valence electrons. The number of hydrogen-bond donors (Lipinski definition) is 1. The highest BCUT2D eigenvalue weighted by molar-refractivity contribution is 7.07. The molecule has 1 unspecified atom stereocenters. The van der Waals surface area contributed by atoms with E-state index < -0.39 is 0 Å². The number of fused-ring (bicyclic) bond motifs is 1. The van der Waals surface area contributed by atoms with Gasteiger partial charge in [0.25, 0.3) is 0 Å². The summed E-state index contributed by atoms with van der Waals surface area (Å²) < 4.78 is 10.7. The number of thiophene rings is 1. The molecule has 1 amide bonds. The summed E-state index contributed by atoms with van der Waals surface area (Å²) >= 11 is 1.68. The lowest BCUT2D eigenvalue weighted by Crippen LogP contribution is -2.34. The zero-order chi connectivity index (χ0) is 16.9. The molecule has 0 radical (unpaired) electrons. The van der Waals surface area contributed by atoms with Crippen LogP contribution in [0.1, 0.15) is 23.6 Å². The smallest absolute Gasteiger partial charge is 0.231 e. The highest BCUT2D eigenvalue weighted by Gasteiger charge is 2.16. The number of carbonyl (C=O) groups is 1. The third kappa shape index (κ3) is 4.07. The van der Waals surface area contributed by atoms with E-state index in [4.69, 9.17) is 9.47 Å². The summed E-state index contributed by atoms with van der Waals surface area (Å²) in [5.74, 6) is 1.60. The average Bonchev–Trinajstić information content (AvgIpc) is 3.23. The molecule has 1 aromatic heterocycles. The predicted octanol–water partition coefficient (Wildman–Crippen LogP) is 2.83. The fourth-order valence-corrected chi connectivity index (χ4v) is 3.42. The van der Waals surface area contributed by atoms with Crippen LogP contribution in [0.15, 0.2) is 35.0 Å². The molecule has 6 heteroatoms. The van der Waals surface area contributed by atoms with Crippen molar-refractivity contribution in [2.75, 3.05) is 27.4 Å². The van der Waals surface area contributed by atoms with Crippen LogP contribution >= 0.6 is 11.3 Å². The Bertz CT molecular complexity index is 686. The molecule has 0 fully saturated rings. The van der Waals surface area contributed by atoms with Crippen molar-refractivity contribution in [3.05, 3.63) is 46.2 Å². The molecule has 1 aliphatic heterocycles. The van der Waals surface area contributed by atoms with Crippen LogP contribution in [-0.2, 0) is 11.2 Å². The molecular weight excluding hydrogens is 324 g/mol. The molecule has 2 aromatic rings. The second kappa shape index (κ2) is 7.68. The topological polar surface area (TPSA) is 50.8 Å². The van der Waals surface area contributed by atoms with Crippen LogP contribution in [0.25, 0.3) is 0 Å². The van der Waals surface area contributed by atoms with Crippen molar-refractivity contribution in [1.29, 1.82) is 0 Å². The Morgan fingerprint density at radius 2 is 2.12 bits per heavy atom. The Morgan fingerprint density at radius 1 is 1.29 bits per heavy atom. The number of nitrogens with zero attached hydrogens (tertiary/aromatic N) is 1. The number of hydrogen-bond acceptors (Lipinski definition) is 5. The van der Waals surface area contributed by atoms with E-state index in [0.717, 1.165) is 17.1 Å². The van der Waals surface area contributed by atoms with Gasteiger partial charge in [-0.2, -0.15) is 11.3 Å². The third-order valence-electron chi connectivity index (χ3n) is 4.12. The van der Waals surface area contributed by atoms with Crippen molar-refractivity contribution < 1.29 is 14.3 Å². The van der Waals surface area contributed by atoms with Crippen LogP contribution in [0.4, 0.5) is 0 Å². The molecule has 3 rings (SSSR count). The van der Waals surface area contributed by atoms with E-state index in [1.807, 2.05) is 32.3 Å². The van der Waals surface area contributed by atoms with Crippen LogP contribution in [0.5, 0.6) is 11.5 Å². The third-order valence-corrected chi connectivity index (χ3v) is 4.82. The first-order valence-electron chi connectivity index (χ1n) is 7.97. The van der Waals surface area contributed by atoms with Crippen molar-refractivity contribution in [2.45, 2.75) is 18.9 Å². The largest absolute Gasteiger partial charge is 0.454 e. The normalized spacial score (nSPS) is 14.0. The molecule has 0 saturated carbocycles. The molecule has 2 heterocycles. The number of likely N-dealkylation sites (N-methyl/N-ethyl adjacent to an activating group) is 1. The molecule has 24 heavy (non-hydrogen) atoms. The van der Waals surface area contributed by atoms with Gasteiger partial charge in [0.15, 0.2) is 11.5 Å². The van der Waals surface area contributed by atoms with Gasteiger partial charge in [-0.25, -0.2) is 0 Å². The maximum absolute atomic E-state index is 12.2. The van der Waals surface area contributed by atoms with Crippen molar-refractivity contribution in [3.63, 3.8) is 0 Å². The number of aryl methyl sites for hydroxylation is 1. The van der Waals surface area contributed by atoms with E-state index in [9.17, 15) is 4.79 Å². The highest BCUT2D eigenvalue weighted by Crippen LogP contribution is 2.32. The first-order valence-corrected chi connectivity index (χ1v) is 8.91. The summed E-state index contributed by atoms with van der Waals surface area (Å²) in [4.78, 5) is 14.3. The Hall–Kier alpha value is -2.05. The van der Waals surface area contributed by atoms with E-state index in [2.05, 4.69) is 27.0 Å². The second-order valence-corrected chi connectivity index (χ2v) is 6.81. The molecule has 0 aliphatic carbocycles. The van der Waals surface area contributed by atoms with Crippen LogP contribution < -0.4 is 14.8 Å². The van der Waals surface area contributed by atoms with Gasteiger partial charge in [-0.3, -0.25) is 4.79 Å². The van der Waals surface area contributed by atoms with Crippen molar-refractivity contribution in [3.8, 4) is 11.5 Å². The summed E-state index contributed by atoms with van der Waals surface area (Å²) in [5, 5.41) is 7.23. The Balaban J connectivity index is 1.49. The number of ether oxygens (including phenoxy) is 2. The Kier molecular flexibility index (Phi) is 5.37. The zero-order valence-corrected chi connectivity index (χ0v) is 14.8. The summed E-state index contributed by atoms with van der Waals surface area (Å²) in [6.07, 6.45) is 1.15. The minimum absolute atomic E-state index is 0.0646. The number of benzene rings is 1. The fraction of sp³-hybridized carbons (Fsp3) is 0.389. The maximum atomic E-state index is 12.2. The number of amides is 1. The van der Waals surface area contributed by atoms with E-state index in [0.29, 0.717) is 19.4 Å². The highest BCUT2D eigenvalue weighted by atomic mass is 32.1. The van der Waals surface area contributed by atoms with Gasteiger partial charge < -0.3 is 19.7 Å². The number of nitrogens with one attached hydrogen (secondary N) is 1. The van der Waals surface area contributed by atoms with Crippen LogP contribution in [0.2, 0.25) is 0 Å². The van der Waals surface area contributed by atoms with Gasteiger partial charge in [0.05, 0.1) is 6.04 Å². The molecule has 5 nitrogen and oxygen atoms in total. The SMILES string of the molecule is CN(C)C(CNC(=O)CCc1ccc2c(c1)OCO2)c1ccsc1. The Morgan fingerprint density at radius 3 is 2.88 bits per heavy atom. The van der Waals surface area contributed by atoms with Gasteiger partial charge in [-0.1, -0.05) is 6.07 Å². The number of rotatable bonds is 7. The summed E-state index contributed by atoms with van der Waals surface area (Å²) in [6.45, 7) is 0.886. The van der Waals surface area contributed by atoms with Gasteiger partial charge in [-0.15, -0.1) is 0 Å². The lowest BCUT2D eigenvalue weighted by molar-refractivity contribution is -0.121. The monoisotopic (exact) mass is 346 g/mol. The van der Waals surface area contributed by atoms with Gasteiger partial charge in [-0.05, 0) is 60.6 Å². The van der Waals surface area contributed by atoms with Gasteiger partial charge in [0.1, 0.15) is 0 Å². The quantitative estimate of drug-likeness (QED) is 0.838. The van der Waals surface area contributed by atoms with Crippen molar-refractivity contribution in [1.82, 2.24) is 10.2 Å². The molecule has 1 atom stereocenters. The predicted molar refractivity (Wildman–Crippen MR) is 94.6 cm³/mol. The van der Waals surface area contributed by atoms with Crippen molar-refractivity contribution in [2.24, 2.45) is 0 Å². The second-order valence-electron chi connectivity index (χ2n) is 6.03. The molecule has 0 spiro atoms.